The zero-order valence-electron chi connectivity index (χ0n) is 11.5. The molecule has 110 valence electrons. The van der Waals surface area contributed by atoms with Crippen LogP contribution >= 0.6 is 0 Å². The minimum absolute atomic E-state index is 0.0426. The van der Waals surface area contributed by atoms with Gasteiger partial charge in [-0.05, 0) is 18.6 Å². The van der Waals surface area contributed by atoms with E-state index in [1.807, 2.05) is 0 Å². The molecule has 5 heteroatoms. The maximum atomic E-state index is 12.4. The molecule has 0 unspecified atom stereocenters. The van der Waals surface area contributed by atoms with Crippen molar-refractivity contribution in [1.29, 1.82) is 0 Å². The first-order chi connectivity index (χ1) is 10.6. The predicted molar refractivity (Wildman–Crippen MR) is 77.6 cm³/mol. The fourth-order valence-electron chi connectivity index (χ4n) is 2.24. The molecule has 0 amide bonds. The molecule has 5 nitrogen and oxygen atoms in total. The van der Waals surface area contributed by atoms with E-state index < -0.39 is 5.41 Å². The van der Waals surface area contributed by atoms with Crippen LogP contribution in [-0.4, -0.2) is 30.9 Å². The van der Waals surface area contributed by atoms with Crippen molar-refractivity contribution >= 4 is 30.9 Å². The highest BCUT2D eigenvalue weighted by molar-refractivity contribution is 6.13. The van der Waals surface area contributed by atoms with Gasteiger partial charge in [-0.15, -0.1) is 0 Å². The predicted octanol–water partition coefficient (Wildman–Crippen LogP) is 1.52. The van der Waals surface area contributed by atoms with Crippen molar-refractivity contribution in [3.63, 3.8) is 0 Å². The number of aldehydes is 4. The van der Waals surface area contributed by atoms with Gasteiger partial charge in [-0.3, -0.25) is 14.4 Å². The standard InChI is InChI=1S/C17H12O5/c18-8-12-2-1-3-13(6-12)16(22)14-4-5-17(10-20,11-21)15(7-14)9-19/h1-4,6-11H,5H2. The maximum absolute atomic E-state index is 12.4. The number of allylic oxidation sites excluding steroid dienone is 4. The van der Waals surface area contributed by atoms with Gasteiger partial charge in [0.2, 0.25) is 0 Å². The summed E-state index contributed by atoms with van der Waals surface area (Å²) in [5.74, 6) is -0.381. The molecular formula is C17H12O5. The van der Waals surface area contributed by atoms with Gasteiger partial charge in [0.1, 0.15) is 30.6 Å². The lowest BCUT2D eigenvalue weighted by Crippen LogP contribution is -2.30. The largest absolute Gasteiger partial charge is 0.302 e. The number of carbonyl (C=O) groups is 5. The number of Topliss-reactive ketones (excluding diaryl/α,β-unsaturated/α-hetero) is 1. The molecule has 0 saturated carbocycles. The van der Waals surface area contributed by atoms with Gasteiger partial charge in [-0.2, -0.15) is 0 Å². The summed E-state index contributed by atoms with van der Waals surface area (Å²) >= 11 is 0. The molecule has 0 saturated heterocycles. The highest BCUT2D eigenvalue weighted by Crippen LogP contribution is 2.32. The Morgan fingerprint density at radius 3 is 2.36 bits per heavy atom. The lowest BCUT2D eigenvalue weighted by atomic mass is 9.75. The van der Waals surface area contributed by atoms with E-state index in [0.29, 0.717) is 36.3 Å². The minimum atomic E-state index is -1.52. The van der Waals surface area contributed by atoms with Gasteiger partial charge in [-0.25, -0.2) is 0 Å². The van der Waals surface area contributed by atoms with Crippen LogP contribution in [0, 0.1) is 5.41 Å². The monoisotopic (exact) mass is 296 g/mol. The van der Waals surface area contributed by atoms with Crippen LogP contribution < -0.4 is 0 Å². The van der Waals surface area contributed by atoms with Crippen molar-refractivity contribution in [2.24, 2.45) is 5.41 Å². The number of carbonyl (C=O) groups excluding carboxylic acids is 5. The molecule has 1 aromatic rings. The second kappa shape index (κ2) is 6.22. The summed E-state index contributed by atoms with van der Waals surface area (Å²) in [5.41, 5.74) is -0.700. The van der Waals surface area contributed by atoms with E-state index in [4.69, 9.17) is 0 Å². The second-order valence-corrected chi connectivity index (χ2v) is 4.93. The van der Waals surface area contributed by atoms with Gasteiger partial charge in [0.15, 0.2) is 5.78 Å². The van der Waals surface area contributed by atoms with Gasteiger partial charge in [-0.1, -0.05) is 24.3 Å². The Hall–Kier alpha value is -2.95. The molecule has 0 atom stereocenters. The summed E-state index contributed by atoms with van der Waals surface area (Å²) < 4.78 is 0. The van der Waals surface area contributed by atoms with Gasteiger partial charge >= 0.3 is 0 Å². The molecule has 0 aromatic heterocycles. The average Bonchev–Trinajstić information content (AvgIpc) is 2.60. The van der Waals surface area contributed by atoms with Crippen LogP contribution in [0.5, 0.6) is 0 Å². The van der Waals surface area contributed by atoms with E-state index in [9.17, 15) is 24.0 Å². The van der Waals surface area contributed by atoms with Crippen molar-refractivity contribution in [3.8, 4) is 0 Å². The zero-order chi connectivity index (χ0) is 16.2. The molecule has 0 fully saturated rings. The zero-order valence-corrected chi connectivity index (χ0v) is 11.5. The second-order valence-electron chi connectivity index (χ2n) is 4.93. The third kappa shape index (κ3) is 2.61. The van der Waals surface area contributed by atoms with Crippen molar-refractivity contribution in [2.45, 2.75) is 6.42 Å². The highest BCUT2D eigenvalue weighted by Gasteiger charge is 2.36. The van der Waals surface area contributed by atoms with E-state index in [1.54, 1.807) is 18.2 Å². The van der Waals surface area contributed by atoms with Crippen LogP contribution in [0.15, 0.2) is 47.6 Å². The molecule has 0 radical (unpaired) electrons. The lowest BCUT2D eigenvalue weighted by Gasteiger charge is -2.24. The molecule has 0 N–H and O–H groups in total. The van der Waals surface area contributed by atoms with Gasteiger partial charge in [0, 0.05) is 22.3 Å². The molecule has 1 aliphatic carbocycles. The van der Waals surface area contributed by atoms with Crippen LogP contribution in [0.3, 0.4) is 0 Å². The van der Waals surface area contributed by atoms with Crippen LogP contribution in [0.25, 0.3) is 0 Å². The van der Waals surface area contributed by atoms with E-state index >= 15 is 0 Å². The smallest absolute Gasteiger partial charge is 0.192 e. The molecular weight excluding hydrogens is 284 g/mol. The number of ketones is 1. The Bertz CT molecular complexity index is 716. The van der Waals surface area contributed by atoms with Crippen molar-refractivity contribution in [3.05, 3.63) is 58.7 Å². The number of rotatable bonds is 6. The molecule has 1 aromatic carbocycles. The minimum Gasteiger partial charge on any atom is -0.302 e. The maximum Gasteiger partial charge on any atom is 0.192 e. The molecule has 0 bridgehead atoms. The molecule has 0 aliphatic heterocycles. The Morgan fingerprint density at radius 2 is 1.77 bits per heavy atom. The van der Waals surface area contributed by atoms with E-state index in [0.717, 1.165) is 0 Å². The van der Waals surface area contributed by atoms with E-state index in [-0.39, 0.29) is 23.4 Å². The molecule has 0 heterocycles. The topological polar surface area (TPSA) is 85.3 Å². The quantitative estimate of drug-likeness (QED) is 0.451. The van der Waals surface area contributed by atoms with E-state index in [2.05, 4.69) is 0 Å². The summed E-state index contributed by atoms with van der Waals surface area (Å²) in [6, 6.07) is 6.12. The third-order valence-corrected chi connectivity index (χ3v) is 3.60. The number of hydrogen-bond donors (Lipinski definition) is 0. The first-order valence-electron chi connectivity index (χ1n) is 6.50. The van der Waals surface area contributed by atoms with Crippen molar-refractivity contribution in [2.75, 3.05) is 0 Å². The summed E-state index contributed by atoms with van der Waals surface area (Å²) in [4.78, 5) is 56.5. The summed E-state index contributed by atoms with van der Waals surface area (Å²) in [7, 11) is 0. The number of benzene rings is 1. The normalized spacial score (nSPS) is 16.0. The summed E-state index contributed by atoms with van der Waals surface area (Å²) in [6.07, 6.45) is 4.50. The van der Waals surface area contributed by atoms with E-state index in [1.165, 1.54) is 18.2 Å². The Labute approximate surface area is 126 Å². The van der Waals surface area contributed by atoms with Crippen LogP contribution in [0.2, 0.25) is 0 Å². The average molecular weight is 296 g/mol. The molecule has 22 heavy (non-hydrogen) atoms. The Kier molecular flexibility index (Phi) is 4.36. The SMILES string of the molecule is O=CC1=CC(C(=O)c2cccc(C=O)c2)=CCC1(C=O)C=O. The van der Waals surface area contributed by atoms with Crippen molar-refractivity contribution in [1.82, 2.24) is 0 Å². The fraction of sp³-hybridized carbons (Fsp3) is 0.118. The van der Waals surface area contributed by atoms with Gasteiger partial charge in [0.25, 0.3) is 0 Å². The first-order valence-corrected chi connectivity index (χ1v) is 6.50. The Balaban J connectivity index is 2.40. The number of hydrogen-bond acceptors (Lipinski definition) is 5. The molecule has 2 rings (SSSR count). The lowest BCUT2D eigenvalue weighted by molar-refractivity contribution is -0.125. The summed E-state index contributed by atoms with van der Waals surface area (Å²) in [5, 5.41) is 0. The fourth-order valence-corrected chi connectivity index (χ4v) is 2.24. The molecule has 1 aliphatic rings. The summed E-state index contributed by atoms with van der Waals surface area (Å²) in [6.45, 7) is 0. The van der Waals surface area contributed by atoms with Gasteiger partial charge in [0.05, 0.1) is 0 Å². The van der Waals surface area contributed by atoms with Crippen molar-refractivity contribution < 1.29 is 24.0 Å². The van der Waals surface area contributed by atoms with Crippen LogP contribution in [0.4, 0.5) is 0 Å². The van der Waals surface area contributed by atoms with Crippen LogP contribution in [-0.2, 0) is 14.4 Å². The van der Waals surface area contributed by atoms with Crippen LogP contribution in [0.1, 0.15) is 27.1 Å². The third-order valence-electron chi connectivity index (χ3n) is 3.60. The Morgan fingerprint density at radius 1 is 1.05 bits per heavy atom. The molecule has 0 spiro atoms. The first kappa shape index (κ1) is 15.4. The highest BCUT2D eigenvalue weighted by atomic mass is 16.1. The van der Waals surface area contributed by atoms with Gasteiger partial charge < -0.3 is 9.59 Å².